The Morgan fingerprint density at radius 2 is 1.73 bits per heavy atom. The lowest BCUT2D eigenvalue weighted by atomic mass is 10.2. The van der Waals surface area contributed by atoms with Crippen molar-refractivity contribution in [3.8, 4) is 0 Å². The molecule has 1 amide bonds. The van der Waals surface area contributed by atoms with Crippen LogP contribution in [0.25, 0.3) is 6.08 Å². The molecule has 0 unspecified atom stereocenters. The maximum Gasteiger partial charge on any atom is 0.255 e. The summed E-state index contributed by atoms with van der Waals surface area (Å²) in [5.74, 6) is -0.694. The number of rotatable bonds is 5. The number of nitrogens with two attached hydrogens (primary N) is 1. The summed E-state index contributed by atoms with van der Waals surface area (Å²) in [6.45, 7) is 1.95. The Kier molecular flexibility index (Phi) is 4.62. The first-order valence-corrected chi connectivity index (χ1v) is 8.08. The Labute approximate surface area is 129 Å². The van der Waals surface area contributed by atoms with Gasteiger partial charge < -0.3 is 5.73 Å². The van der Waals surface area contributed by atoms with Crippen molar-refractivity contribution in [3.05, 3.63) is 70.6 Å². The van der Waals surface area contributed by atoms with Gasteiger partial charge in [-0.15, -0.1) is 0 Å². The average molecular weight is 316 g/mol. The molecule has 0 spiro atoms. The first kappa shape index (κ1) is 15.8. The maximum absolute atomic E-state index is 12.1. The first-order chi connectivity index (χ1) is 10.4. The van der Waals surface area contributed by atoms with Crippen molar-refractivity contribution >= 4 is 27.7 Å². The smallest absolute Gasteiger partial charge is 0.255 e. The summed E-state index contributed by atoms with van der Waals surface area (Å²) < 4.78 is 26.5. The van der Waals surface area contributed by atoms with Crippen LogP contribution in [0.15, 0.2) is 53.9 Å². The lowest BCUT2D eigenvalue weighted by molar-refractivity contribution is 0.100. The van der Waals surface area contributed by atoms with Crippen molar-refractivity contribution in [1.29, 1.82) is 0 Å². The van der Waals surface area contributed by atoms with E-state index in [4.69, 9.17) is 5.73 Å². The lowest BCUT2D eigenvalue weighted by Crippen LogP contribution is -2.16. The van der Waals surface area contributed by atoms with E-state index in [2.05, 4.69) is 4.72 Å². The summed E-state index contributed by atoms with van der Waals surface area (Å²) in [6, 6.07) is 13.6. The molecule has 0 atom stereocenters. The van der Waals surface area contributed by atoms with E-state index in [0.29, 0.717) is 0 Å². The molecule has 0 saturated carbocycles. The summed E-state index contributed by atoms with van der Waals surface area (Å²) in [5.41, 5.74) is 7.35. The van der Waals surface area contributed by atoms with E-state index in [1.54, 1.807) is 12.1 Å². The number of carbonyl (C=O) groups is 1. The van der Waals surface area contributed by atoms with Gasteiger partial charge in [0.25, 0.3) is 15.9 Å². The molecule has 0 aliphatic heterocycles. The van der Waals surface area contributed by atoms with Gasteiger partial charge in [0, 0.05) is 0 Å². The molecule has 0 fully saturated rings. The number of primary amides is 1. The van der Waals surface area contributed by atoms with Gasteiger partial charge in [0.2, 0.25) is 0 Å². The molecule has 0 saturated heterocycles. The molecule has 22 heavy (non-hydrogen) atoms. The number of sulfonamides is 1. The summed E-state index contributed by atoms with van der Waals surface area (Å²) in [4.78, 5) is 11.3. The highest BCUT2D eigenvalue weighted by atomic mass is 32.2. The van der Waals surface area contributed by atoms with E-state index in [-0.39, 0.29) is 11.3 Å². The lowest BCUT2D eigenvalue weighted by Gasteiger charge is -2.08. The highest BCUT2D eigenvalue weighted by molar-refractivity contribution is 7.95. The fraction of sp³-hybridized carbons (Fsp3) is 0.0625. The van der Waals surface area contributed by atoms with Crippen molar-refractivity contribution < 1.29 is 13.2 Å². The third-order valence-corrected chi connectivity index (χ3v) is 3.96. The van der Waals surface area contributed by atoms with Gasteiger partial charge in [-0.2, -0.15) is 0 Å². The molecule has 0 aliphatic carbocycles. The minimum Gasteiger partial charge on any atom is -0.366 e. The number of anilines is 1. The quantitative estimate of drug-likeness (QED) is 0.888. The van der Waals surface area contributed by atoms with Crippen molar-refractivity contribution in [2.24, 2.45) is 5.73 Å². The van der Waals surface area contributed by atoms with Gasteiger partial charge in [0.05, 0.1) is 16.7 Å². The van der Waals surface area contributed by atoms with Crippen LogP contribution < -0.4 is 10.5 Å². The zero-order valence-electron chi connectivity index (χ0n) is 12.0. The SMILES string of the molecule is Cc1ccc(/C=C/S(=O)(=O)Nc2ccccc2C(N)=O)cc1. The fourth-order valence-electron chi connectivity index (χ4n) is 1.82. The number of hydrogen-bond acceptors (Lipinski definition) is 3. The standard InChI is InChI=1S/C16H16N2O3S/c1-12-6-8-13(9-7-12)10-11-22(20,21)18-15-5-3-2-4-14(15)16(17)19/h2-11,18H,1H3,(H2,17,19)/b11-10+. The molecule has 3 N–H and O–H groups in total. The Bertz CT molecular complexity index is 810. The third-order valence-electron chi connectivity index (χ3n) is 2.96. The molecular formula is C16H16N2O3S. The predicted molar refractivity (Wildman–Crippen MR) is 87.7 cm³/mol. The van der Waals surface area contributed by atoms with Crippen LogP contribution in [0.2, 0.25) is 0 Å². The van der Waals surface area contributed by atoms with Crippen LogP contribution in [0.4, 0.5) is 5.69 Å². The van der Waals surface area contributed by atoms with Crippen LogP contribution in [0.1, 0.15) is 21.5 Å². The van der Waals surface area contributed by atoms with Crippen molar-refractivity contribution in [2.75, 3.05) is 4.72 Å². The van der Waals surface area contributed by atoms with E-state index < -0.39 is 15.9 Å². The molecule has 5 nitrogen and oxygen atoms in total. The zero-order chi connectivity index (χ0) is 16.2. The number of para-hydroxylation sites is 1. The van der Waals surface area contributed by atoms with E-state index in [9.17, 15) is 13.2 Å². The van der Waals surface area contributed by atoms with E-state index in [1.807, 2.05) is 31.2 Å². The topological polar surface area (TPSA) is 89.3 Å². The first-order valence-electron chi connectivity index (χ1n) is 6.54. The van der Waals surface area contributed by atoms with Gasteiger partial charge in [-0.25, -0.2) is 8.42 Å². The molecule has 6 heteroatoms. The monoisotopic (exact) mass is 316 g/mol. The normalized spacial score (nSPS) is 11.5. The molecule has 114 valence electrons. The van der Waals surface area contributed by atoms with Crippen LogP contribution in [0.3, 0.4) is 0 Å². The van der Waals surface area contributed by atoms with Gasteiger partial charge in [-0.1, -0.05) is 42.0 Å². The molecule has 2 aromatic rings. The summed E-state index contributed by atoms with van der Waals surface area (Å²) >= 11 is 0. The van der Waals surface area contributed by atoms with Crippen molar-refractivity contribution in [1.82, 2.24) is 0 Å². The Hall–Kier alpha value is -2.60. The van der Waals surface area contributed by atoms with Crippen LogP contribution >= 0.6 is 0 Å². The Morgan fingerprint density at radius 1 is 1.09 bits per heavy atom. The van der Waals surface area contributed by atoms with Gasteiger partial charge in [-0.05, 0) is 30.7 Å². The number of amides is 1. The van der Waals surface area contributed by atoms with Gasteiger partial charge in [0.15, 0.2) is 0 Å². The highest BCUT2D eigenvalue weighted by Crippen LogP contribution is 2.17. The second-order valence-corrected chi connectivity index (χ2v) is 6.34. The molecule has 2 aromatic carbocycles. The average Bonchev–Trinajstić information content (AvgIpc) is 2.46. The van der Waals surface area contributed by atoms with Crippen LogP contribution in [-0.4, -0.2) is 14.3 Å². The summed E-state index contributed by atoms with van der Waals surface area (Å²) in [5, 5.41) is 1.05. The van der Waals surface area contributed by atoms with Crippen LogP contribution in [0.5, 0.6) is 0 Å². The number of benzene rings is 2. The van der Waals surface area contributed by atoms with Crippen molar-refractivity contribution in [3.63, 3.8) is 0 Å². The second-order valence-electron chi connectivity index (χ2n) is 4.77. The summed E-state index contributed by atoms with van der Waals surface area (Å²) in [7, 11) is -3.74. The Morgan fingerprint density at radius 3 is 2.36 bits per heavy atom. The van der Waals surface area contributed by atoms with Crippen LogP contribution in [-0.2, 0) is 10.0 Å². The van der Waals surface area contributed by atoms with Gasteiger partial charge in [0.1, 0.15) is 0 Å². The largest absolute Gasteiger partial charge is 0.366 e. The molecule has 0 bridgehead atoms. The minimum absolute atomic E-state index is 0.120. The third kappa shape index (κ3) is 4.20. The predicted octanol–water partition coefficient (Wildman–Crippen LogP) is 2.51. The van der Waals surface area contributed by atoms with Gasteiger partial charge >= 0.3 is 0 Å². The van der Waals surface area contributed by atoms with Crippen LogP contribution in [0, 0.1) is 6.92 Å². The highest BCUT2D eigenvalue weighted by Gasteiger charge is 2.12. The molecule has 2 rings (SSSR count). The number of hydrogen-bond donors (Lipinski definition) is 2. The molecule has 0 heterocycles. The van der Waals surface area contributed by atoms with E-state index >= 15 is 0 Å². The fourth-order valence-corrected chi connectivity index (χ4v) is 2.71. The summed E-state index contributed by atoms with van der Waals surface area (Å²) in [6.07, 6.45) is 1.48. The molecule has 0 aromatic heterocycles. The maximum atomic E-state index is 12.1. The number of aryl methyl sites for hydroxylation is 1. The molecular weight excluding hydrogens is 300 g/mol. The number of nitrogens with one attached hydrogen (secondary N) is 1. The minimum atomic E-state index is -3.74. The van der Waals surface area contributed by atoms with Crippen molar-refractivity contribution in [2.45, 2.75) is 6.92 Å². The number of carbonyl (C=O) groups excluding carboxylic acids is 1. The van der Waals surface area contributed by atoms with Gasteiger partial charge in [-0.3, -0.25) is 9.52 Å². The molecule has 0 radical (unpaired) electrons. The second kappa shape index (κ2) is 6.44. The van der Waals surface area contributed by atoms with E-state index in [0.717, 1.165) is 16.5 Å². The zero-order valence-corrected chi connectivity index (χ0v) is 12.8. The molecule has 0 aliphatic rings. The van der Waals surface area contributed by atoms with E-state index in [1.165, 1.54) is 18.2 Å². The Balaban J connectivity index is 2.21.